The van der Waals surface area contributed by atoms with Gasteiger partial charge in [-0.1, -0.05) is 132 Å². The van der Waals surface area contributed by atoms with E-state index in [4.69, 9.17) is 24.3 Å². The molecule has 2 atom stereocenters. The fourth-order valence-corrected chi connectivity index (χ4v) is 5.83. The van der Waals surface area contributed by atoms with Gasteiger partial charge >= 0.3 is 19.8 Å². The number of esters is 2. The molecule has 3 N–H and O–H groups in total. The van der Waals surface area contributed by atoms with Gasteiger partial charge < -0.3 is 20.1 Å². The number of hydrogen-bond acceptors (Lipinski definition) is 8. The van der Waals surface area contributed by atoms with Crippen LogP contribution < -0.4 is 5.73 Å². The van der Waals surface area contributed by atoms with Crippen molar-refractivity contribution in [1.82, 2.24) is 0 Å². The lowest BCUT2D eigenvalue weighted by Crippen LogP contribution is -2.29. The number of carbonyl (C=O) groups is 2. The number of hydrogen-bond donors (Lipinski definition) is 2. The number of carbonyl (C=O) groups excluding carboxylic acids is 2. The minimum atomic E-state index is -4.39. The summed E-state index contributed by atoms with van der Waals surface area (Å²) in [5.74, 6) is -0.884. The summed E-state index contributed by atoms with van der Waals surface area (Å²) in [4.78, 5) is 34.8. The zero-order chi connectivity index (χ0) is 38.9. The Balaban J connectivity index is 4.29. The number of rotatable bonds is 37. The summed E-state index contributed by atoms with van der Waals surface area (Å²) in [5, 5.41) is 0. The lowest BCUT2D eigenvalue weighted by atomic mass is 10.1. The SMILES string of the molecule is CC/C=C\C/C=C\C/C=C\C/C=C\C/C=C\CCCCCC(=O)OC(COC(=O)CCCCCCC/C=C\CCCCCC)COP(=O)(O)OCCN. The first-order valence-electron chi connectivity index (χ1n) is 20.4. The molecule has 53 heavy (non-hydrogen) atoms. The van der Waals surface area contributed by atoms with Crippen LogP contribution in [0, 0.1) is 0 Å². The fourth-order valence-electron chi connectivity index (χ4n) is 5.07. The van der Waals surface area contributed by atoms with E-state index in [-0.39, 0.29) is 32.6 Å². The third-order valence-corrected chi connectivity index (χ3v) is 9.06. The zero-order valence-corrected chi connectivity index (χ0v) is 34.1. The smallest absolute Gasteiger partial charge is 0.462 e. The molecule has 0 radical (unpaired) electrons. The maximum absolute atomic E-state index is 12.6. The van der Waals surface area contributed by atoms with E-state index in [1.54, 1.807) is 0 Å². The average molecular weight is 764 g/mol. The van der Waals surface area contributed by atoms with Crippen LogP contribution in [0.5, 0.6) is 0 Å². The monoisotopic (exact) mass is 764 g/mol. The maximum Gasteiger partial charge on any atom is 0.472 e. The molecule has 0 aliphatic rings. The van der Waals surface area contributed by atoms with Gasteiger partial charge in [0.1, 0.15) is 6.61 Å². The Hall–Kier alpha value is -2.55. The second kappa shape index (κ2) is 39.2. The number of ether oxygens (including phenoxy) is 2. The molecule has 2 unspecified atom stereocenters. The molecule has 0 saturated heterocycles. The van der Waals surface area contributed by atoms with Crippen molar-refractivity contribution in [3.05, 3.63) is 72.9 Å². The van der Waals surface area contributed by atoms with Gasteiger partial charge in [0.05, 0.1) is 13.2 Å². The quantitative estimate of drug-likeness (QED) is 0.0274. The molecule has 0 amide bonds. The number of allylic oxidation sites excluding steroid dienone is 12. The molecule has 0 fully saturated rings. The van der Waals surface area contributed by atoms with Gasteiger partial charge in [-0.3, -0.25) is 18.6 Å². The highest BCUT2D eigenvalue weighted by Gasteiger charge is 2.25. The summed E-state index contributed by atoms with van der Waals surface area (Å²) < 4.78 is 32.7. The van der Waals surface area contributed by atoms with Gasteiger partial charge in [-0.2, -0.15) is 0 Å². The van der Waals surface area contributed by atoms with E-state index in [1.807, 2.05) is 0 Å². The van der Waals surface area contributed by atoms with Gasteiger partial charge in [0.15, 0.2) is 6.10 Å². The summed E-state index contributed by atoms with van der Waals surface area (Å²) in [6, 6.07) is 0. The lowest BCUT2D eigenvalue weighted by Gasteiger charge is -2.19. The molecular formula is C43H74NO8P. The van der Waals surface area contributed by atoms with E-state index >= 15 is 0 Å². The highest BCUT2D eigenvalue weighted by atomic mass is 31.2. The van der Waals surface area contributed by atoms with E-state index in [0.29, 0.717) is 12.8 Å². The number of unbranched alkanes of at least 4 members (excludes halogenated alkanes) is 12. The van der Waals surface area contributed by atoms with Crippen LogP contribution in [-0.2, 0) is 32.7 Å². The van der Waals surface area contributed by atoms with Crippen molar-refractivity contribution in [2.45, 2.75) is 161 Å². The summed E-state index contributed by atoms with van der Waals surface area (Å²) in [6.07, 6.45) is 46.4. The largest absolute Gasteiger partial charge is 0.472 e. The van der Waals surface area contributed by atoms with E-state index in [9.17, 15) is 19.0 Å². The average Bonchev–Trinajstić information content (AvgIpc) is 3.14. The van der Waals surface area contributed by atoms with Crippen LogP contribution in [0.15, 0.2) is 72.9 Å². The van der Waals surface area contributed by atoms with Crippen molar-refractivity contribution in [2.75, 3.05) is 26.4 Å². The van der Waals surface area contributed by atoms with Crippen molar-refractivity contribution in [2.24, 2.45) is 5.73 Å². The second-order valence-corrected chi connectivity index (χ2v) is 14.6. The molecule has 0 bridgehead atoms. The molecule has 0 heterocycles. The molecule has 0 saturated carbocycles. The molecule has 0 spiro atoms. The van der Waals surface area contributed by atoms with Crippen molar-refractivity contribution in [1.29, 1.82) is 0 Å². The fraction of sp³-hybridized carbons (Fsp3) is 0.674. The van der Waals surface area contributed by atoms with Crippen LogP contribution in [0.3, 0.4) is 0 Å². The van der Waals surface area contributed by atoms with Crippen LogP contribution in [0.4, 0.5) is 0 Å². The first kappa shape index (κ1) is 50.5. The van der Waals surface area contributed by atoms with E-state index in [1.165, 1.54) is 32.1 Å². The van der Waals surface area contributed by atoms with Crippen LogP contribution in [-0.4, -0.2) is 49.3 Å². The lowest BCUT2D eigenvalue weighted by molar-refractivity contribution is -0.161. The minimum absolute atomic E-state index is 0.0429. The summed E-state index contributed by atoms with van der Waals surface area (Å²) >= 11 is 0. The van der Waals surface area contributed by atoms with Gasteiger partial charge in [0.25, 0.3) is 0 Å². The highest BCUT2D eigenvalue weighted by Crippen LogP contribution is 2.43. The molecule has 0 aromatic rings. The molecule has 304 valence electrons. The van der Waals surface area contributed by atoms with E-state index in [2.05, 4.69) is 86.8 Å². The third kappa shape index (κ3) is 39.0. The topological polar surface area (TPSA) is 134 Å². The Morgan fingerprint density at radius 3 is 1.58 bits per heavy atom. The van der Waals surface area contributed by atoms with Crippen LogP contribution in [0.25, 0.3) is 0 Å². The summed E-state index contributed by atoms with van der Waals surface area (Å²) in [7, 11) is -4.39. The summed E-state index contributed by atoms with van der Waals surface area (Å²) in [5.41, 5.74) is 5.34. The third-order valence-electron chi connectivity index (χ3n) is 8.08. The Bertz CT molecular complexity index is 1100. The van der Waals surface area contributed by atoms with Crippen molar-refractivity contribution < 1.29 is 37.6 Å². The molecule has 0 aromatic carbocycles. The molecular weight excluding hydrogens is 689 g/mol. The molecule has 0 aromatic heterocycles. The Labute approximate surface area is 322 Å². The van der Waals surface area contributed by atoms with Gasteiger partial charge in [-0.25, -0.2) is 4.57 Å². The molecule has 9 nitrogen and oxygen atoms in total. The Morgan fingerprint density at radius 2 is 1.04 bits per heavy atom. The normalized spacial score (nSPS) is 14.1. The maximum atomic E-state index is 12.6. The van der Waals surface area contributed by atoms with Crippen molar-refractivity contribution in [3.8, 4) is 0 Å². The van der Waals surface area contributed by atoms with Crippen molar-refractivity contribution >= 4 is 19.8 Å². The highest BCUT2D eigenvalue weighted by molar-refractivity contribution is 7.47. The molecule has 10 heteroatoms. The van der Waals surface area contributed by atoms with Crippen LogP contribution >= 0.6 is 7.82 Å². The van der Waals surface area contributed by atoms with Gasteiger partial charge in [0.2, 0.25) is 0 Å². The first-order valence-corrected chi connectivity index (χ1v) is 21.9. The van der Waals surface area contributed by atoms with E-state index < -0.39 is 32.5 Å². The second-order valence-electron chi connectivity index (χ2n) is 13.1. The van der Waals surface area contributed by atoms with E-state index in [0.717, 1.165) is 83.5 Å². The van der Waals surface area contributed by atoms with Gasteiger partial charge in [0, 0.05) is 19.4 Å². The molecule has 0 aliphatic carbocycles. The Morgan fingerprint density at radius 1 is 0.585 bits per heavy atom. The predicted octanol–water partition coefficient (Wildman–Crippen LogP) is 11.5. The first-order chi connectivity index (χ1) is 25.8. The van der Waals surface area contributed by atoms with Gasteiger partial charge in [-0.05, 0) is 83.5 Å². The van der Waals surface area contributed by atoms with Crippen LogP contribution in [0.1, 0.15) is 155 Å². The predicted molar refractivity (Wildman–Crippen MR) is 219 cm³/mol. The minimum Gasteiger partial charge on any atom is -0.462 e. The summed E-state index contributed by atoms with van der Waals surface area (Å²) in [6.45, 7) is 3.53. The molecule has 0 rings (SSSR count). The number of nitrogens with two attached hydrogens (primary N) is 1. The molecule has 0 aliphatic heterocycles. The Kier molecular flexibility index (Phi) is 37.3. The standard InChI is InChI=1S/C43H74NO8P/c1-3-5-7-9-11-13-15-17-18-19-20-21-22-24-26-28-30-32-34-36-43(46)52-41(40-51-53(47,48)50-38-37-44)39-49-42(45)35-33-31-29-27-25-23-16-14-12-10-8-6-4-2/h5,7,11,13-14,16-18,20-21,24,26,41H,3-4,6,8-10,12,15,19,22-23,25,27-40,44H2,1-2H3,(H,47,48)/b7-5-,13-11-,16-14-,18-17-,21-20-,26-24-. The number of phosphoric ester groups is 1. The van der Waals surface area contributed by atoms with Crippen LogP contribution in [0.2, 0.25) is 0 Å². The van der Waals surface area contributed by atoms with Crippen molar-refractivity contribution in [3.63, 3.8) is 0 Å². The zero-order valence-electron chi connectivity index (χ0n) is 33.2. The number of phosphoric acid groups is 1. The van der Waals surface area contributed by atoms with Gasteiger partial charge in [-0.15, -0.1) is 0 Å².